The van der Waals surface area contributed by atoms with Crippen LogP contribution in [0.25, 0.3) is 0 Å². The second-order valence-corrected chi connectivity index (χ2v) is 6.20. The number of halogens is 2. The zero-order valence-electron chi connectivity index (χ0n) is 11.0. The number of aryl methyl sites for hydroxylation is 1. The van der Waals surface area contributed by atoms with E-state index in [0.29, 0.717) is 15.8 Å². The molecule has 0 radical (unpaired) electrons. The third-order valence-electron chi connectivity index (χ3n) is 2.94. The van der Waals surface area contributed by atoms with Gasteiger partial charge in [-0.2, -0.15) is 0 Å². The Hall–Kier alpha value is -0.960. The molecule has 2 aromatic carbocycles. The zero-order valence-corrected chi connectivity index (χ0v) is 13.4. The van der Waals surface area contributed by atoms with Crippen LogP contribution in [0.5, 0.6) is 0 Å². The second-order valence-electron chi connectivity index (χ2n) is 4.34. The number of benzene rings is 2. The van der Waals surface area contributed by atoms with Gasteiger partial charge in [-0.1, -0.05) is 54.4 Å². The fourth-order valence-corrected chi connectivity index (χ4v) is 3.13. The molecule has 0 aliphatic heterocycles. The topological polar surface area (TPSA) is 17.1 Å². The Bertz CT molecular complexity index is 608. The molecule has 0 aromatic heterocycles. The number of carbonyl (C=O) groups excluding carboxylic acids is 1. The molecule has 2 rings (SSSR count). The third kappa shape index (κ3) is 4.02. The molecule has 104 valence electrons. The monoisotopic (exact) mass is 324 g/mol. The molecule has 0 fully saturated rings. The normalized spacial score (nSPS) is 10.6. The summed E-state index contributed by atoms with van der Waals surface area (Å²) >= 11 is 13.4. The van der Waals surface area contributed by atoms with Crippen LogP contribution in [-0.2, 0) is 6.42 Å². The molecule has 0 amide bonds. The summed E-state index contributed by atoms with van der Waals surface area (Å²) in [7, 11) is 0. The minimum atomic E-state index is 0.0914. The van der Waals surface area contributed by atoms with Gasteiger partial charge in [-0.3, -0.25) is 4.79 Å². The summed E-state index contributed by atoms with van der Waals surface area (Å²) in [6, 6.07) is 13.0. The number of hydrogen-bond donors (Lipinski definition) is 0. The highest BCUT2D eigenvalue weighted by atomic mass is 35.5. The van der Waals surface area contributed by atoms with Crippen molar-refractivity contribution < 1.29 is 4.79 Å². The summed E-state index contributed by atoms with van der Waals surface area (Å²) in [6.07, 6.45) is 0.974. The van der Waals surface area contributed by atoms with Gasteiger partial charge < -0.3 is 0 Å². The van der Waals surface area contributed by atoms with Crippen molar-refractivity contribution in [2.75, 3.05) is 5.75 Å². The van der Waals surface area contributed by atoms with Crippen molar-refractivity contribution >= 4 is 40.7 Å². The van der Waals surface area contributed by atoms with E-state index in [1.54, 1.807) is 18.2 Å². The lowest BCUT2D eigenvalue weighted by atomic mass is 10.1. The minimum absolute atomic E-state index is 0.0914. The van der Waals surface area contributed by atoms with E-state index in [0.717, 1.165) is 16.9 Å². The fraction of sp³-hybridized carbons (Fsp3) is 0.188. The second kappa shape index (κ2) is 7.16. The molecule has 2 aromatic rings. The molecule has 4 heteroatoms. The van der Waals surface area contributed by atoms with Gasteiger partial charge >= 0.3 is 0 Å². The first-order chi connectivity index (χ1) is 9.60. The molecular formula is C16H14Cl2OS. The van der Waals surface area contributed by atoms with Crippen LogP contribution in [0, 0.1) is 0 Å². The Kier molecular flexibility index (Phi) is 5.53. The van der Waals surface area contributed by atoms with E-state index in [9.17, 15) is 4.79 Å². The van der Waals surface area contributed by atoms with Gasteiger partial charge in [0.2, 0.25) is 0 Å². The quantitative estimate of drug-likeness (QED) is 0.531. The highest BCUT2D eigenvalue weighted by molar-refractivity contribution is 8.00. The molecule has 0 atom stereocenters. The van der Waals surface area contributed by atoms with Gasteiger partial charge in [0.1, 0.15) is 0 Å². The van der Waals surface area contributed by atoms with Crippen molar-refractivity contribution in [3.05, 3.63) is 63.6 Å². The Balaban J connectivity index is 2.02. The lowest BCUT2D eigenvalue weighted by molar-refractivity contribution is 0.102. The molecule has 0 unspecified atom stereocenters. The van der Waals surface area contributed by atoms with Crippen LogP contribution >= 0.6 is 35.0 Å². The molecule has 0 aliphatic carbocycles. The number of thioether (sulfide) groups is 1. The highest BCUT2D eigenvalue weighted by Gasteiger charge is 2.09. The number of hydrogen-bond acceptors (Lipinski definition) is 2. The maximum Gasteiger partial charge on any atom is 0.173 e. The smallest absolute Gasteiger partial charge is 0.173 e. The fourth-order valence-electron chi connectivity index (χ4n) is 1.74. The summed E-state index contributed by atoms with van der Waals surface area (Å²) in [5.74, 6) is 0.444. The largest absolute Gasteiger partial charge is 0.293 e. The van der Waals surface area contributed by atoms with Crippen molar-refractivity contribution in [3.8, 4) is 0 Å². The summed E-state index contributed by atoms with van der Waals surface area (Å²) < 4.78 is 0. The van der Waals surface area contributed by atoms with Crippen molar-refractivity contribution in [1.29, 1.82) is 0 Å². The molecule has 0 aliphatic rings. The molecule has 0 saturated heterocycles. The van der Waals surface area contributed by atoms with E-state index >= 15 is 0 Å². The van der Waals surface area contributed by atoms with Gasteiger partial charge in [-0.15, -0.1) is 11.8 Å². The summed E-state index contributed by atoms with van der Waals surface area (Å²) in [5.41, 5.74) is 1.96. The average Bonchev–Trinajstić information content (AvgIpc) is 2.48. The number of ketones is 1. The van der Waals surface area contributed by atoms with Gasteiger partial charge in [0.15, 0.2) is 5.78 Å². The molecule has 20 heavy (non-hydrogen) atoms. The van der Waals surface area contributed by atoms with Crippen LogP contribution in [0.3, 0.4) is 0 Å². The van der Waals surface area contributed by atoms with Crippen molar-refractivity contribution in [3.63, 3.8) is 0 Å². The van der Waals surface area contributed by atoms with Crippen LogP contribution in [0.4, 0.5) is 0 Å². The van der Waals surface area contributed by atoms with E-state index in [1.807, 2.05) is 24.3 Å². The molecule has 1 nitrogen and oxygen atoms in total. The third-order valence-corrected chi connectivity index (χ3v) is 4.67. The standard InChI is InChI=1S/C16H14Cl2OS/c1-2-11-3-5-12(6-4-11)15(19)10-20-16-9-13(17)7-8-14(16)18/h3-9H,2,10H2,1H3. The van der Waals surface area contributed by atoms with Crippen LogP contribution in [0.1, 0.15) is 22.8 Å². The van der Waals surface area contributed by atoms with Crippen LogP contribution in [0.15, 0.2) is 47.4 Å². The van der Waals surface area contributed by atoms with Crippen molar-refractivity contribution in [2.24, 2.45) is 0 Å². The minimum Gasteiger partial charge on any atom is -0.293 e. The maximum atomic E-state index is 12.1. The Labute approximate surface area is 133 Å². The molecule has 0 spiro atoms. The van der Waals surface area contributed by atoms with E-state index in [2.05, 4.69) is 6.92 Å². The van der Waals surface area contributed by atoms with Gasteiger partial charge in [-0.25, -0.2) is 0 Å². The molecule has 0 bridgehead atoms. The SMILES string of the molecule is CCc1ccc(C(=O)CSc2cc(Cl)ccc2Cl)cc1. The van der Waals surface area contributed by atoms with Gasteiger partial charge in [-0.05, 0) is 30.2 Å². The molecular weight excluding hydrogens is 311 g/mol. The predicted molar refractivity (Wildman–Crippen MR) is 87.3 cm³/mol. The van der Waals surface area contributed by atoms with E-state index in [-0.39, 0.29) is 5.78 Å². The van der Waals surface area contributed by atoms with E-state index in [1.165, 1.54) is 17.3 Å². The average molecular weight is 325 g/mol. The number of Topliss-reactive ketones (excluding diaryl/α,β-unsaturated/α-hetero) is 1. The van der Waals surface area contributed by atoms with Crippen LogP contribution in [-0.4, -0.2) is 11.5 Å². The summed E-state index contributed by atoms with van der Waals surface area (Å²) in [5, 5.41) is 1.24. The first-order valence-electron chi connectivity index (χ1n) is 6.30. The number of carbonyl (C=O) groups is 1. The van der Waals surface area contributed by atoms with Gasteiger partial charge in [0.25, 0.3) is 0 Å². The lowest BCUT2D eigenvalue weighted by Crippen LogP contribution is -2.02. The van der Waals surface area contributed by atoms with Gasteiger partial charge in [0.05, 0.1) is 10.8 Å². The summed E-state index contributed by atoms with van der Waals surface area (Å²) in [4.78, 5) is 12.9. The zero-order chi connectivity index (χ0) is 14.5. The first kappa shape index (κ1) is 15.4. The molecule has 0 heterocycles. The lowest BCUT2D eigenvalue weighted by Gasteiger charge is -2.05. The van der Waals surface area contributed by atoms with Gasteiger partial charge in [0, 0.05) is 15.5 Å². The first-order valence-corrected chi connectivity index (χ1v) is 8.04. The molecule has 0 saturated carbocycles. The van der Waals surface area contributed by atoms with E-state index < -0.39 is 0 Å². The van der Waals surface area contributed by atoms with Crippen molar-refractivity contribution in [2.45, 2.75) is 18.2 Å². The Morgan fingerprint density at radius 1 is 1.10 bits per heavy atom. The maximum absolute atomic E-state index is 12.1. The highest BCUT2D eigenvalue weighted by Crippen LogP contribution is 2.30. The Morgan fingerprint density at radius 2 is 1.80 bits per heavy atom. The van der Waals surface area contributed by atoms with Crippen molar-refractivity contribution in [1.82, 2.24) is 0 Å². The Morgan fingerprint density at radius 3 is 2.45 bits per heavy atom. The summed E-state index contributed by atoms with van der Waals surface area (Å²) in [6.45, 7) is 2.09. The molecule has 0 N–H and O–H groups in total. The predicted octanol–water partition coefficient (Wildman–Crippen LogP) is 5.53. The van der Waals surface area contributed by atoms with Crippen LogP contribution < -0.4 is 0 Å². The number of rotatable bonds is 5. The van der Waals surface area contributed by atoms with Crippen LogP contribution in [0.2, 0.25) is 10.0 Å². The van der Waals surface area contributed by atoms with E-state index in [4.69, 9.17) is 23.2 Å².